The quantitative estimate of drug-likeness (QED) is 0.770. The summed E-state index contributed by atoms with van der Waals surface area (Å²) in [5, 5.41) is 12.2. The molecule has 7 heteroatoms. The standard InChI is InChI=1S/C22H25N3O4/c1-23-17(13-26)21(27)24-12-16-11-19(24)22(28)25(16)18-10-15(8-9-20(18)29-2)14-6-4-3-5-7-14/h3-10,16-17,19,23,26H,11-13H2,1-2H3/t16-,17-,19-/m0/s1. The van der Waals surface area contributed by atoms with Crippen LogP contribution in [-0.2, 0) is 9.59 Å². The maximum Gasteiger partial charge on any atom is 0.250 e. The number of hydrogen-bond acceptors (Lipinski definition) is 5. The number of likely N-dealkylation sites (N-methyl/N-ethyl adjacent to an activating group) is 1. The van der Waals surface area contributed by atoms with Gasteiger partial charge in [0.05, 0.1) is 25.4 Å². The van der Waals surface area contributed by atoms with Gasteiger partial charge in [-0.2, -0.15) is 0 Å². The zero-order valence-electron chi connectivity index (χ0n) is 16.5. The number of anilines is 1. The SMILES string of the molecule is CN[C@@H](CO)C(=O)N1C[C@@H]2C[C@H]1C(=O)N2c1cc(-c2ccccc2)ccc1OC. The molecule has 2 aromatic carbocycles. The molecule has 3 atom stereocenters. The molecule has 29 heavy (non-hydrogen) atoms. The monoisotopic (exact) mass is 395 g/mol. The summed E-state index contributed by atoms with van der Waals surface area (Å²) in [6.07, 6.45) is 0.588. The van der Waals surface area contributed by atoms with E-state index in [4.69, 9.17) is 4.74 Å². The third-order valence-electron chi connectivity index (χ3n) is 5.82. The highest BCUT2D eigenvalue weighted by Gasteiger charge is 2.53. The van der Waals surface area contributed by atoms with Gasteiger partial charge in [0, 0.05) is 6.54 Å². The Hall–Kier alpha value is -2.90. The molecule has 0 spiro atoms. The van der Waals surface area contributed by atoms with Crippen molar-refractivity contribution in [3.05, 3.63) is 48.5 Å². The molecule has 2 heterocycles. The second-order valence-corrected chi connectivity index (χ2v) is 7.38. The Morgan fingerprint density at radius 2 is 2.00 bits per heavy atom. The number of rotatable bonds is 6. The highest BCUT2D eigenvalue weighted by molar-refractivity contribution is 6.05. The van der Waals surface area contributed by atoms with Gasteiger partial charge in [-0.1, -0.05) is 36.4 Å². The molecule has 0 saturated carbocycles. The predicted octanol–water partition coefficient (Wildman–Crippen LogP) is 1.26. The van der Waals surface area contributed by atoms with E-state index in [0.717, 1.165) is 16.8 Å². The van der Waals surface area contributed by atoms with E-state index >= 15 is 0 Å². The van der Waals surface area contributed by atoms with Crippen molar-refractivity contribution in [2.75, 3.05) is 32.2 Å². The molecule has 2 N–H and O–H groups in total. The van der Waals surface area contributed by atoms with Crippen molar-refractivity contribution in [3.63, 3.8) is 0 Å². The highest BCUT2D eigenvalue weighted by Crippen LogP contribution is 2.41. The van der Waals surface area contributed by atoms with Crippen LogP contribution in [0.4, 0.5) is 5.69 Å². The number of carbonyl (C=O) groups excluding carboxylic acids is 2. The van der Waals surface area contributed by atoms with Crippen molar-refractivity contribution in [3.8, 4) is 16.9 Å². The van der Waals surface area contributed by atoms with Crippen LogP contribution in [0.5, 0.6) is 5.75 Å². The highest BCUT2D eigenvalue weighted by atomic mass is 16.5. The van der Waals surface area contributed by atoms with Gasteiger partial charge in [0.25, 0.3) is 0 Å². The minimum Gasteiger partial charge on any atom is -0.495 e. The van der Waals surface area contributed by atoms with E-state index in [1.807, 2.05) is 48.5 Å². The Kier molecular flexibility index (Phi) is 5.25. The Labute approximate surface area is 169 Å². The summed E-state index contributed by atoms with van der Waals surface area (Å²) in [5.41, 5.74) is 2.79. The van der Waals surface area contributed by atoms with Crippen LogP contribution in [0.25, 0.3) is 11.1 Å². The minimum absolute atomic E-state index is 0.104. The molecule has 4 rings (SSSR count). The molecule has 2 aliphatic heterocycles. The molecule has 7 nitrogen and oxygen atoms in total. The Balaban J connectivity index is 1.64. The summed E-state index contributed by atoms with van der Waals surface area (Å²) in [6, 6.07) is 14.5. The number of ether oxygens (including phenoxy) is 1. The van der Waals surface area contributed by atoms with Gasteiger partial charge in [-0.25, -0.2) is 0 Å². The number of benzene rings is 2. The molecular weight excluding hydrogens is 370 g/mol. The van der Waals surface area contributed by atoms with Gasteiger partial charge in [-0.05, 0) is 36.7 Å². The van der Waals surface area contributed by atoms with Gasteiger partial charge >= 0.3 is 0 Å². The fourth-order valence-electron chi connectivity index (χ4n) is 4.32. The lowest BCUT2D eigenvalue weighted by Gasteiger charge is -2.35. The van der Waals surface area contributed by atoms with Crippen LogP contribution in [0.3, 0.4) is 0 Å². The first-order valence-corrected chi connectivity index (χ1v) is 9.74. The van der Waals surface area contributed by atoms with Crippen LogP contribution in [0, 0.1) is 0 Å². The van der Waals surface area contributed by atoms with E-state index in [1.165, 1.54) is 0 Å². The number of nitrogens with one attached hydrogen (secondary N) is 1. The second kappa shape index (κ2) is 7.85. The van der Waals surface area contributed by atoms with Crippen molar-refractivity contribution < 1.29 is 19.4 Å². The molecule has 0 aromatic heterocycles. The van der Waals surface area contributed by atoms with Gasteiger partial charge in [0.1, 0.15) is 17.8 Å². The van der Waals surface area contributed by atoms with Gasteiger partial charge in [0.2, 0.25) is 11.8 Å². The summed E-state index contributed by atoms with van der Waals surface area (Å²) < 4.78 is 5.53. The zero-order valence-corrected chi connectivity index (χ0v) is 16.5. The first-order valence-electron chi connectivity index (χ1n) is 9.74. The average Bonchev–Trinajstić information content (AvgIpc) is 3.33. The van der Waals surface area contributed by atoms with Gasteiger partial charge < -0.3 is 25.0 Å². The molecule has 2 saturated heterocycles. The lowest BCUT2D eigenvalue weighted by atomic mass is 10.0. The summed E-state index contributed by atoms with van der Waals surface area (Å²) in [6.45, 7) is 0.153. The fourth-order valence-corrected chi connectivity index (χ4v) is 4.32. The van der Waals surface area contributed by atoms with E-state index < -0.39 is 12.1 Å². The second-order valence-electron chi connectivity index (χ2n) is 7.38. The maximum atomic E-state index is 13.2. The largest absolute Gasteiger partial charge is 0.495 e. The minimum atomic E-state index is -0.688. The van der Waals surface area contributed by atoms with Crippen LogP contribution in [-0.4, -0.2) is 67.3 Å². The van der Waals surface area contributed by atoms with Crippen LogP contribution in [0.2, 0.25) is 0 Å². The van der Waals surface area contributed by atoms with Gasteiger partial charge in [0.15, 0.2) is 0 Å². The number of aliphatic hydroxyl groups is 1. The summed E-state index contributed by atoms with van der Waals surface area (Å²) in [5.74, 6) is 0.290. The molecule has 0 radical (unpaired) electrons. The average molecular weight is 395 g/mol. The molecule has 2 amide bonds. The van der Waals surface area contributed by atoms with Crippen molar-refractivity contribution >= 4 is 17.5 Å². The smallest absolute Gasteiger partial charge is 0.250 e. The number of piperazine rings is 1. The molecule has 2 aromatic rings. The summed E-state index contributed by atoms with van der Waals surface area (Å²) in [4.78, 5) is 29.2. The van der Waals surface area contributed by atoms with Gasteiger partial charge in [-0.3, -0.25) is 9.59 Å². The number of fused-ring (bicyclic) bond motifs is 2. The van der Waals surface area contributed by atoms with Crippen molar-refractivity contribution in [2.24, 2.45) is 0 Å². The zero-order chi connectivity index (χ0) is 20.5. The van der Waals surface area contributed by atoms with E-state index in [9.17, 15) is 14.7 Å². The number of methoxy groups -OCH3 is 1. The van der Waals surface area contributed by atoms with Gasteiger partial charge in [-0.15, -0.1) is 0 Å². The molecule has 0 unspecified atom stereocenters. The van der Waals surface area contributed by atoms with Crippen LogP contribution in [0.15, 0.2) is 48.5 Å². The molecular formula is C22H25N3O4. The lowest BCUT2D eigenvalue weighted by Crippen LogP contribution is -2.57. The Morgan fingerprint density at radius 1 is 1.24 bits per heavy atom. The van der Waals surface area contributed by atoms with Crippen molar-refractivity contribution in [1.29, 1.82) is 0 Å². The first kappa shape index (κ1) is 19.4. The molecule has 152 valence electrons. The number of carbonyl (C=O) groups is 2. The Morgan fingerprint density at radius 3 is 2.62 bits per heavy atom. The number of nitrogens with zero attached hydrogens (tertiary/aromatic N) is 2. The lowest BCUT2D eigenvalue weighted by molar-refractivity contribution is -0.140. The van der Waals surface area contributed by atoms with E-state index in [1.54, 1.807) is 24.0 Å². The number of hydrogen-bond donors (Lipinski definition) is 2. The molecule has 0 aliphatic carbocycles. The van der Waals surface area contributed by atoms with E-state index in [-0.39, 0.29) is 24.5 Å². The van der Waals surface area contributed by atoms with Crippen molar-refractivity contribution in [2.45, 2.75) is 24.5 Å². The fraction of sp³-hybridized carbons (Fsp3) is 0.364. The van der Waals surface area contributed by atoms with E-state index in [2.05, 4.69) is 5.32 Å². The van der Waals surface area contributed by atoms with Crippen LogP contribution < -0.4 is 15.0 Å². The predicted molar refractivity (Wildman–Crippen MR) is 110 cm³/mol. The Bertz CT molecular complexity index is 914. The summed E-state index contributed by atoms with van der Waals surface area (Å²) in [7, 11) is 3.22. The van der Waals surface area contributed by atoms with E-state index in [0.29, 0.717) is 18.7 Å². The van der Waals surface area contributed by atoms with Crippen LogP contribution >= 0.6 is 0 Å². The number of likely N-dealkylation sites (tertiary alicyclic amines) is 1. The number of aliphatic hydroxyl groups excluding tert-OH is 1. The maximum absolute atomic E-state index is 13.2. The summed E-state index contributed by atoms with van der Waals surface area (Å²) >= 11 is 0. The topological polar surface area (TPSA) is 82.1 Å². The van der Waals surface area contributed by atoms with Crippen molar-refractivity contribution in [1.82, 2.24) is 10.2 Å². The third kappa shape index (κ3) is 3.26. The third-order valence-corrected chi connectivity index (χ3v) is 5.82. The van der Waals surface area contributed by atoms with Crippen LogP contribution in [0.1, 0.15) is 6.42 Å². The normalized spacial score (nSPS) is 21.6. The molecule has 2 fully saturated rings. The molecule has 2 bridgehead atoms. The number of amides is 2. The first-order chi connectivity index (χ1) is 14.1. The molecule has 2 aliphatic rings.